The predicted octanol–water partition coefficient (Wildman–Crippen LogP) is 3.60. The number of imidazole rings is 1. The number of benzene rings is 1. The van der Waals surface area contributed by atoms with Gasteiger partial charge in [-0.25, -0.2) is 4.98 Å². The van der Waals surface area contributed by atoms with E-state index in [0.717, 1.165) is 17.1 Å². The molecule has 2 heterocycles. The van der Waals surface area contributed by atoms with Crippen molar-refractivity contribution >= 4 is 5.65 Å². The van der Waals surface area contributed by atoms with Gasteiger partial charge in [-0.05, 0) is 37.1 Å². The van der Waals surface area contributed by atoms with Crippen LogP contribution in [0.2, 0.25) is 0 Å². The van der Waals surface area contributed by atoms with Crippen LogP contribution in [-0.2, 0) is 13.0 Å². The highest BCUT2D eigenvalue weighted by molar-refractivity contribution is 5.54. The molecule has 0 aliphatic carbocycles. The van der Waals surface area contributed by atoms with Crippen molar-refractivity contribution < 1.29 is 4.74 Å². The number of nitriles is 1. The van der Waals surface area contributed by atoms with Crippen LogP contribution in [0.25, 0.3) is 5.65 Å². The third-order valence-electron chi connectivity index (χ3n) is 3.72. The van der Waals surface area contributed by atoms with Crippen molar-refractivity contribution in [1.29, 1.82) is 5.26 Å². The van der Waals surface area contributed by atoms with Crippen molar-refractivity contribution in [3.8, 4) is 11.8 Å². The lowest BCUT2D eigenvalue weighted by molar-refractivity contribution is 0.307. The second kappa shape index (κ2) is 5.90. The Labute approximate surface area is 129 Å². The number of pyridine rings is 1. The van der Waals surface area contributed by atoms with Gasteiger partial charge in [0.25, 0.3) is 0 Å². The van der Waals surface area contributed by atoms with Crippen LogP contribution >= 0.6 is 0 Å². The summed E-state index contributed by atoms with van der Waals surface area (Å²) in [5.74, 6) is 0.729. The summed E-state index contributed by atoms with van der Waals surface area (Å²) < 4.78 is 7.87. The van der Waals surface area contributed by atoms with Crippen LogP contribution in [0.15, 0.2) is 42.7 Å². The van der Waals surface area contributed by atoms with Crippen molar-refractivity contribution in [1.82, 2.24) is 9.38 Å². The summed E-state index contributed by atoms with van der Waals surface area (Å²) in [6.45, 7) is 4.67. The van der Waals surface area contributed by atoms with Crippen molar-refractivity contribution in [2.24, 2.45) is 0 Å². The van der Waals surface area contributed by atoms with Gasteiger partial charge in [-0.15, -0.1) is 0 Å². The molecule has 0 fully saturated rings. The number of aromatic nitrogens is 2. The van der Waals surface area contributed by atoms with Gasteiger partial charge < -0.3 is 4.74 Å². The molecule has 0 aliphatic rings. The molecule has 110 valence electrons. The number of rotatable bonds is 4. The van der Waals surface area contributed by atoms with E-state index >= 15 is 0 Å². The summed E-state index contributed by atoms with van der Waals surface area (Å²) >= 11 is 0. The molecule has 4 heteroatoms. The molecule has 1 aromatic carbocycles. The van der Waals surface area contributed by atoms with Crippen LogP contribution in [0, 0.1) is 25.2 Å². The SMILES string of the molecule is Cc1ccc(C)c(COc2cccn3c(CC#N)cnc23)c1. The first-order valence-electron chi connectivity index (χ1n) is 7.20. The minimum absolute atomic E-state index is 0.335. The van der Waals surface area contributed by atoms with Crippen molar-refractivity contribution in [3.63, 3.8) is 0 Å². The number of aryl methyl sites for hydroxylation is 2. The van der Waals surface area contributed by atoms with Crippen LogP contribution in [0.5, 0.6) is 5.75 Å². The highest BCUT2D eigenvalue weighted by Gasteiger charge is 2.09. The van der Waals surface area contributed by atoms with Gasteiger partial charge in [0, 0.05) is 6.20 Å². The Kier molecular flexibility index (Phi) is 3.80. The lowest BCUT2D eigenvalue weighted by Crippen LogP contribution is -2.00. The monoisotopic (exact) mass is 291 g/mol. The average Bonchev–Trinajstić information content (AvgIpc) is 2.92. The zero-order valence-corrected chi connectivity index (χ0v) is 12.7. The van der Waals surface area contributed by atoms with E-state index in [1.165, 1.54) is 16.7 Å². The first-order valence-corrected chi connectivity index (χ1v) is 7.20. The fourth-order valence-corrected chi connectivity index (χ4v) is 2.47. The van der Waals surface area contributed by atoms with Gasteiger partial charge in [-0.2, -0.15) is 5.26 Å². The van der Waals surface area contributed by atoms with Crippen molar-refractivity contribution in [2.45, 2.75) is 26.9 Å². The van der Waals surface area contributed by atoms with Crippen molar-refractivity contribution in [2.75, 3.05) is 0 Å². The molecule has 22 heavy (non-hydrogen) atoms. The smallest absolute Gasteiger partial charge is 0.179 e. The molecular formula is C18H17N3O. The molecule has 2 aromatic heterocycles. The maximum Gasteiger partial charge on any atom is 0.179 e. The highest BCUT2D eigenvalue weighted by atomic mass is 16.5. The third kappa shape index (κ3) is 2.66. The first kappa shape index (κ1) is 14.2. The van der Waals surface area contributed by atoms with Gasteiger partial charge in [0.05, 0.1) is 24.4 Å². The molecule has 3 rings (SSSR count). The predicted molar refractivity (Wildman–Crippen MR) is 84.8 cm³/mol. The molecule has 0 radical (unpaired) electrons. The molecule has 0 unspecified atom stereocenters. The standard InChI is InChI=1S/C18H17N3O/c1-13-5-6-14(2)15(10-13)12-22-17-4-3-9-21-16(7-8-19)11-20-18(17)21/h3-6,9-11H,7,12H2,1-2H3. The summed E-state index contributed by atoms with van der Waals surface area (Å²) in [7, 11) is 0. The van der Waals surface area contributed by atoms with Crippen LogP contribution in [0.4, 0.5) is 0 Å². The molecule has 4 nitrogen and oxygen atoms in total. The maximum absolute atomic E-state index is 8.85. The molecule has 3 aromatic rings. The average molecular weight is 291 g/mol. The van der Waals surface area contributed by atoms with E-state index in [1.54, 1.807) is 6.20 Å². The fraction of sp³-hybridized carbons (Fsp3) is 0.222. The summed E-state index contributed by atoms with van der Waals surface area (Å²) in [5, 5.41) is 8.85. The summed E-state index contributed by atoms with van der Waals surface area (Å²) in [4.78, 5) is 4.38. The number of ether oxygens (including phenoxy) is 1. The Hall–Kier alpha value is -2.80. The molecule has 0 spiro atoms. The van der Waals surface area contributed by atoms with Crippen LogP contribution < -0.4 is 4.74 Å². The summed E-state index contributed by atoms with van der Waals surface area (Å²) in [6.07, 6.45) is 3.96. The fourth-order valence-electron chi connectivity index (χ4n) is 2.47. The molecule has 0 saturated carbocycles. The number of hydrogen-bond donors (Lipinski definition) is 0. The van der Waals surface area contributed by atoms with E-state index in [2.05, 4.69) is 43.1 Å². The third-order valence-corrected chi connectivity index (χ3v) is 3.72. The largest absolute Gasteiger partial charge is 0.485 e. The lowest BCUT2D eigenvalue weighted by Gasteiger charge is -2.10. The summed E-state index contributed by atoms with van der Waals surface area (Å²) in [5.41, 5.74) is 5.23. The van der Waals surface area contributed by atoms with Gasteiger partial charge in [0.2, 0.25) is 0 Å². The zero-order valence-electron chi connectivity index (χ0n) is 12.7. The Morgan fingerprint density at radius 1 is 1.27 bits per heavy atom. The maximum atomic E-state index is 8.85. The van der Waals surface area contributed by atoms with Crippen molar-refractivity contribution in [3.05, 3.63) is 65.1 Å². The topological polar surface area (TPSA) is 50.3 Å². The van der Waals surface area contributed by atoms with Gasteiger partial charge in [-0.3, -0.25) is 4.40 Å². The highest BCUT2D eigenvalue weighted by Crippen LogP contribution is 2.22. The lowest BCUT2D eigenvalue weighted by atomic mass is 10.1. The summed E-state index contributed by atoms with van der Waals surface area (Å²) in [6, 6.07) is 12.3. The van der Waals surface area contributed by atoms with Gasteiger partial charge >= 0.3 is 0 Å². The minimum atomic E-state index is 0.335. The van der Waals surface area contributed by atoms with Gasteiger partial charge in [0.1, 0.15) is 6.61 Å². The van der Waals surface area contributed by atoms with E-state index in [9.17, 15) is 0 Å². The minimum Gasteiger partial charge on any atom is -0.485 e. The van der Waals surface area contributed by atoms with E-state index in [1.807, 2.05) is 22.7 Å². The molecule has 0 aliphatic heterocycles. The quantitative estimate of drug-likeness (QED) is 0.738. The van der Waals surface area contributed by atoms with Crippen LogP contribution in [0.3, 0.4) is 0 Å². The Bertz CT molecular complexity index is 858. The zero-order chi connectivity index (χ0) is 15.5. The Balaban J connectivity index is 1.88. The Morgan fingerprint density at radius 2 is 2.14 bits per heavy atom. The van der Waals surface area contributed by atoms with Crippen LogP contribution in [-0.4, -0.2) is 9.38 Å². The normalized spacial score (nSPS) is 10.6. The second-order valence-corrected chi connectivity index (χ2v) is 5.37. The first-order chi connectivity index (χ1) is 10.7. The Morgan fingerprint density at radius 3 is 2.95 bits per heavy atom. The van der Waals surface area contributed by atoms with Gasteiger partial charge in [-0.1, -0.05) is 23.8 Å². The molecule has 0 atom stereocenters. The molecule has 0 saturated heterocycles. The number of fused-ring (bicyclic) bond motifs is 1. The van der Waals surface area contributed by atoms with Gasteiger partial charge in [0.15, 0.2) is 11.4 Å². The molecule has 0 amide bonds. The van der Waals surface area contributed by atoms with E-state index < -0.39 is 0 Å². The number of nitrogens with zero attached hydrogens (tertiary/aromatic N) is 3. The number of hydrogen-bond acceptors (Lipinski definition) is 3. The van der Waals surface area contributed by atoms with E-state index in [0.29, 0.717) is 13.0 Å². The molecule has 0 bridgehead atoms. The molecule has 0 N–H and O–H groups in total. The van der Waals surface area contributed by atoms with Crippen LogP contribution in [0.1, 0.15) is 22.4 Å². The second-order valence-electron chi connectivity index (χ2n) is 5.37. The van der Waals surface area contributed by atoms with E-state index in [4.69, 9.17) is 10.00 Å². The van der Waals surface area contributed by atoms with E-state index in [-0.39, 0.29) is 0 Å². The molecular weight excluding hydrogens is 274 g/mol.